The van der Waals surface area contributed by atoms with Crippen molar-refractivity contribution in [2.24, 2.45) is 0 Å². The third-order valence-corrected chi connectivity index (χ3v) is 10.1. The van der Waals surface area contributed by atoms with Crippen molar-refractivity contribution >= 4 is 60.0 Å². The van der Waals surface area contributed by atoms with Crippen molar-refractivity contribution in [1.29, 1.82) is 0 Å². The van der Waals surface area contributed by atoms with Crippen LogP contribution in [0.2, 0.25) is 0 Å². The van der Waals surface area contributed by atoms with Gasteiger partial charge in [-0.3, -0.25) is 4.72 Å². The molecular formula is C38H23N9O2S. The molecule has 2 aliphatic heterocycles. The third-order valence-electron chi connectivity index (χ3n) is 8.83. The lowest BCUT2D eigenvalue weighted by Gasteiger charge is -2.10. The second-order valence-corrected chi connectivity index (χ2v) is 13.4. The van der Waals surface area contributed by atoms with Crippen LogP contribution in [0.4, 0.5) is 5.69 Å². The summed E-state index contributed by atoms with van der Waals surface area (Å²) in [5, 5.41) is 2.87. The summed E-state index contributed by atoms with van der Waals surface area (Å²) in [6.07, 6.45) is 0. The van der Waals surface area contributed by atoms with Gasteiger partial charge in [0, 0.05) is 43.8 Å². The van der Waals surface area contributed by atoms with Crippen molar-refractivity contribution in [3.05, 3.63) is 127 Å². The minimum absolute atomic E-state index is 0.137. The van der Waals surface area contributed by atoms with Gasteiger partial charge in [0.2, 0.25) is 0 Å². The summed E-state index contributed by atoms with van der Waals surface area (Å²) in [4.78, 5) is 33.3. The van der Waals surface area contributed by atoms with Gasteiger partial charge in [0.1, 0.15) is 11.3 Å². The van der Waals surface area contributed by atoms with Crippen LogP contribution in [0.25, 0.3) is 89.7 Å². The molecule has 12 heteroatoms. The Kier molecular flexibility index (Phi) is 5.99. The van der Waals surface area contributed by atoms with Crippen molar-refractivity contribution < 1.29 is 8.42 Å². The monoisotopic (exact) mass is 669 g/mol. The van der Waals surface area contributed by atoms with E-state index in [1.165, 1.54) is 0 Å². The number of nitrogens with zero attached hydrogens (tertiary/aromatic N) is 7. The van der Waals surface area contributed by atoms with Crippen LogP contribution in [0, 0.1) is 0 Å². The highest BCUT2D eigenvalue weighted by molar-refractivity contribution is 7.91. The van der Waals surface area contributed by atoms with Gasteiger partial charge in [0.15, 0.2) is 34.6 Å². The first-order valence-corrected chi connectivity index (χ1v) is 17.3. The molecule has 3 aromatic heterocycles. The molecule has 238 valence electrons. The first kappa shape index (κ1) is 28.2. The lowest BCUT2D eigenvalue weighted by Crippen LogP contribution is -2.22. The first-order chi connectivity index (χ1) is 24.5. The van der Waals surface area contributed by atoms with E-state index in [0.717, 1.165) is 25.9 Å². The van der Waals surface area contributed by atoms with E-state index in [2.05, 4.69) is 9.71 Å². The van der Waals surface area contributed by atoms with Gasteiger partial charge >= 0.3 is 10.2 Å². The number of H-pyrrole nitrogens is 1. The van der Waals surface area contributed by atoms with E-state index < -0.39 is 10.2 Å². The van der Waals surface area contributed by atoms with Gasteiger partial charge in [0.05, 0.1) is 5.69 Å². The van der Waals surface area contributed by atoms with Gasteiger partial charge in [-0.15, -0.1) is 0 Å². The number of benzene rings is 5. The average molecular weight is 670 g/mol. The van der Waals surface area contributed by atoms with E-state index in [9.17, 15) is 8.42 Å². The van der Waals surface area contributed by atoms with Crippen LogP contribution in [0.3, 0.4) is 0 Å². The number of hydrogen-bond donors (Lipinski definition) is 2. The summed E-state index contributed by atoms with van der Waals surface area (Å²) >= 11 is 0. The van der Waals surface area contributed by atoms with Crippen LogP contribution in [0.15, 0.2) is 127 Å². The molecule has 0 spiro atoms. The predicted molar refractivity (Wildman–Crippen MR) is 194 cm³/mol. The van der Waals surface area contributed by atoms with E-state index in [1.807, 2.05) is 103 Å². The highest BCUT2D eigenvalue weighted by Gasteiger charge is 2.27. The second kappa shape index (κ2) is 10.6. The SMILES string of the molecule is O=S(=O)(Nc1ccccc1)n1c2nc3nc(nc4[nH]c(nc5nc(nc1c1ccccc12)-c1ccccc1-5)c1ccccc41)-c1ccccc1-3. The highest BCUT2D eigenvalue weighted by atomic mass is 32.2. The highest BCUT2D eigenvalue weighted by Crippen LogP contribution is 2.37. The number of hydrogen-bond acceptors (Lipinski definition) is 8. The summed E-state index contributed by atoms with van der Waals surface area (Å²) in [7, 11) is -4.36. The Labute approximate surface area is 284 Å². The maximum atomic E-state index is 14.6. The largest absolute Gasteiger partial charge is 0.330 e. The first-order valence-electron chi connectivity index (χ1n) is 15.8. The summed E-state index contributed by atoms with van der Waals surface area (Å²) in [5.74, 6) is 1.50. The van der Waals surface area contributed by atoms with Crippen LogP contribution in [0.1, 0.15) is 0 Å². The molecule has 2 aliphatic rings. The van der Waals surface area contributed by atoms with Gasteiger partial charge in [-0.2, -0.15) is 12.4 Å². The van der Waals surface area contributed by atoms with Crippen molar-refractivity contribution in [1.82, 2.24) is 38.9 Å². The van der Waals surface area contributed by atoms with Crippen molar-refractivity contribution in [3.8, 4) is 45.6 Å². The van der Waals surface area contributed by atoms with Crippen LogP contribution in [-0.4, -0.2) is 47.3 Å². The Hall–Kier alpha value is -6.79. The van der Waals surface area contributed by atoms with Gasteiger partial charge in [0.25, 0.3) is 0 Å². The lowest BCUT2D eigenvalue weighted by atomic mass is 10.1. The maximum absolute atomic E-state index is 14.6. The molecule has 8 bridgehead atoms. The molecule has 0 saturated heterocycles. The topological polar surface area (TPSA) is 144 Å². The Bertz CT molecular complexity index is 2830. The minimum Gasteiger partial charge on any atom is -0.324 e. The normalized spacial score (nSPS) is 12.2. The van der Waals surface area contributed by atoms with Gasteiger partial charge in [-0.25, -0.2) is 29.9 Å². The number of fused-ring (bicyclic) bond motifs is 20. The number of para-hydroxylation sites is 1. The molecule has 2 N–H and O–H groups in total. The van der Waals surface area contributed by atoms with Crippen LogP contribution in [-0.2, 0) is 10.2 Å². The Balaban J connectivity index is 1.43. The molecule has 0 aliphatic carbocycles. The number of rotatable bonds is 3. The van der Waals surface area contributed by atoms with Gasteiger partial charge < -0.3 is 4.98 Å². The standard InChI is InChI=1S/C38H23N9O2S/c48-50(49,46-22-12-2-1-3-13-22)47-37-29-20-10-11-21-30(29)38(47)45-36-28-19-9-7-17-26(28)34(43-36)41-32-24-15-5-4-14-23(24)31(39-32)40-33-25-16-6-8-18-27(25)35(42-33)44-37/h1-21,46H,(H,39,40,41,42,43,44,45). The number of anilines is 1. The van der Waals surface area contributed by atoms with E-state index >= 15 is 0 Å². The van der Waals surface area contributed by atoms with Gasteiger partial charge in [-0.05, 0) is 12.1 Å². The van der Waals surface area contributed by atoms with Gasteiger partial charge in [-0.1, -0.05) is 115 Å². The number of aromatic amines is 1. The molecule has 10 rings (SSSR count). The molecule has 0 saturated carbocycles. The number of aromatic nitrogens is 8. The fraction of sp³-hybridized carbons (Fsp3) is 0. The van der Waals surface area contributed by atoms with Crippen LogP contribution < -0.4 is 4.72 Å². The average Bonchev–Trinajstić information content (AvgIpc) is 3.87. The maximum Gasteiger partial charge on any atom is 0.330 e. The smallest absolute Gasteiger partial charge is 0.324 e. The van der Waals surface area contributed by atoms with E-state index in [1.54, 1.807) is 24.3 Å². The van der Waals surface area contributed by atoms with Crippen molar-refractivity contribution in [2.45, 2.75) is 0 Å². The molecule has 0 radical (unpaired) electrons. The van der Waals surface area contributed by atoms with Crippen LogP contribution >= 0.6 is 0 Å². The zero-order chi connectivity index (χ0) is 33.4. The molecule has 50 heavy (non-hydrogen) atoms. The molecule has 0 atom stereocenters. The second-order valence-electron chi connectivity index (χ2n) is 11.9. The molecule has 8 aromatic rings. The quantitative estimate of drug-likeness (QED) is 0.196. The fourth-order valence-corrected chi connectivity index (χ4v) is 7.85. The summed E-state index contributed by atoms with van der Waals surface area (Å²) in [5.41, 5.74) is 4.77. The molecule has 11 nitrogen and oxygen atoms in total. The van der Waals surface area contributed by atoms with E-state index in [4.69, 9.17) is 29.9 Å². The Morgan fingerprint density at radius 1 is 0.440 bits per heavy atom. The minimum atomic E-state index is -4.36. The van der Waals surface area contributed by atoms with E-state index in [-0.39, 0.29) is 11.3 Å². The van der Waals surface area contributed by atoms with Crippen LogP contribution in [0.5, 0.6) is 0 Å². The zero-order valence-electron chi connectivity index (χ0n) is 26.0. The van der Waals surface area contributed by atoms with E-state index in [0.29, 0.717) is 62.2 Å². The Morgan fingerprint density at radius 2 is 0.820 bits per heavy atom. The summed E-state index contributed by atoms with van der Waals surface area (Å²) < 4.78 is 33.0. The summed E-state index contributed by atoms with van der Waals surface area (Å²) in [6.45, 7) is 0. The Morgan fingerprint density at radius 3 is 1.28 bits per heavy atom. The van der Waals surface area contributed by atoms with Crippen molar-refractivity contribution in [3.63, 3.8) is 0 Å². The molecular weight excluding hydrogens is 647 g/mol. The molecule has 0 amide bonds. The fourth-order valence-electron chi connectivity index (χ4n) is 6.59. The molecule has 0 unspecified atom stereocenters. The summed E-state index contributed by atoms with van der Waals surface area (Å²) in [6, 6.07) is 39.2. The lowest BCUT2D eigenvalue weighted by molar-refractivity contribution is 0.595. The zero-order valence-corrected chi connectivity index (χ0v) is 26.8. The molecule has 0 fully saturated rings. The molecule has 5 heterocycles. The van der Waals surface area contributed by atoms with Crippen molar-refractivity contribution in [2.75, 3.05) is 4.72 Å². The number of nitrogens with one attached hydrogen (secondary N) is 2. The predicted octanol–water partition coefficient (Wildman–Crippen LogP) is 7.55. The molecule has 5 aromatic carbocycles. The third kappa shape index (κ3) is 4.32.